The van der Waals surface area contributed by atoms with Crippen LogP contribution in [-0.2, 0) is 14.8 Å². The average molecular weight is 314 g/mol. The van der Waals surface area contributed by atoms with Crippen molar-refractivity contribution in [2.45, 2.75) is 44.7 Å². The molecule has 0 saturated heterocycles. The highest BCUT2D eigenvalue weighted by molar-refractivity contribution is 7.89. The van der Waals surface area contributed by atoms with Crippen molar-refractivity contribution in [3.63, 3.8) is 0 Å². The first-order chi connectivity index (χ1) is 9.90. The summed E-state index contributed by atoms with van der Waals surface area (Å²) in [4.78, 5) is 0.285. The van der Waals surface area contributed by atoms with Gasteiger partial charge in [-0.3, -0.25) is 0 Å². The second-order valence-corrected chi connectivity index (χ2v) is 6.75. The van der Waals surface area contributed by atoms with Crippen molar-refractivity contribution in [2.75, 3.05) is 19.8 Å². The number of ether oxygens (including phenoxy) is 1. The van der Waals surface area contributed by atoms with E-state index in [0.717, 1.165) is 12.1 Å². The number of hydrogen-bond acceptors (Lipinski definition) is 4. The number of nitrogens with one attached hydrogen (secondary N) is 2. The SMILES string of the molecule is CCNC(C)c1cccc(S(=O)(=O)NC(C)COCC)c1. The minimum Gasteiger partial charge on any atom is -0.380 e. The van der Waals surface area contributed by atoms with Gasteiger partial charge in [0.15, 0.2) is 0 Å². The van der Waals surface area contributed by atoms with Gasteiger partial charge in [0.05, 0.1) is 11.5 Å². The van der Waals surface area contributed by atoms with Crippen LogP contribution in [0, 0.1) is 0 Å². The molecule has 0 saturated carbocycles. The molecule has 1 rings (SSSR count). The molecule has 0 bridgehead atoms. The van der Waals surface area contributed by atoms with Crippen LogP contribution in [0.25, 0.3) is 0 Å². The predicted molar refractivity (Wildman–Crippen MR) is 84.8 cm³/mol. The Kier molecular flexibility index (Phi) is 7.31. The molecule has 1 aromatic rings. The van der Waals surface area contributed by atoms with Crippen LogP contribution in [0.15, 0.2) is 29.2 Å². The van der Waals surface area contributed by atoms with Crippen LogP contribution in [0.4, 0.5) is 0 Å². The molecular formula is C15H26N2O3S. The monoisotopic (exact) mass is 314 g/mol. The summed E-state index contributed by atoms with van der Waals surface area (Å²) < 4.78 is 32.6. The fourth-order valence-electron chi connectivity index (χ4n) is 2.04. The zero-order chi connectivity index (χ0) is 15.9. The van der Waals surface area contributed by atoms with Crippen molar-refractivity contribution in [2.24, 2.45) is 0 Å². The Morgan fingerprint density at radius 3 is 2.57 bits per heavy atom. The third kappa shape index (κ3) is 5.74. The first-order valence-electron chi connectivity index (χ1n) is 7.34. The summed E-state index contributed by atoms with van der Waals surface area (Å²) in [5, 5.41) is 3.27. The Bertz CT molecular complexity index is 531. The molecule has 5 nitrogen and oxygen atoms in total. The van der Waals surface area contributed by atoms with E-state index in [2.05, 4.69) is 10.0 Å². The summed E-state index contributed by atoms with van der Waals surface area (Å²) in [6.07, 6.45) is 0. The zero-order valence-corrected chi connectivity index (χ0v) is 14.0. The van der Waals surface area contributed by atoms with E-state index in [-0.39, 0.29) is 17.0 Å². The highest BCUT2D eigenvalue weighted by Gasteiger charge is 2.18. The highest BCUT2D eigenvalue weighted by atomic mass is 32.2. The van der Waals surface area contributed by atoms with Crippen LogP contribution in [0.5, 0.6) is 0 Å². The van der Waals surface area contributed by atoms with Gasteiger partial charge >= 0.3 is 0 Å². The maximum atomic E-state index is 12.4. The van der Waals surface area contributed by atoms with Crippen LogP contribution < -0.4 is 10.0 Å². The van der Waals surface area contributed by atoms with E-state index in [1.54, 1.807) is 25.1 Å². The van der Waals surface area contributed by atoms with E-state index >= 15 is 0 Å². The molecular weight excluding hydrogens is 288 g/mol. The minimum atomic E-state index is -3.52. The number of benzene rings is 1. The lowest BCUT2D eigenvalue weighted by atomic mass is 10.1. The van der Waals surface area contributed by atoms with E-state index in [1.165, 1.54) is 0 Å². The van der Waals surface area contributed by atoms with Crippen molar-refractivity contribution >= 4 is 10.0 Å². The van der Waals surface area contributed by atoms with Crippen LogP contribution in [0.1, 0.15) is 39.3 Å². The van der Waals surface area contributed by atoms with Crippen LogP contribution in [0.2, 0.25) is 0 Å². The number of rotatable bonds is 9. The number of sulfonamides is 1. The fraction of sp³-hybridized carbons (Fsp3) is 0.600. The fourth-order valence-corrected chi connectivity index (χ4v) is 3.32. The summed E-state index contributed by atoms with van der Waals surface area (Å²) in [5.41, 5.74) is 0.956. The Balaban J connectivity index is 2.85. The maximum Gasteiger partial charge on any atom is 0.240 e. The molecule has 2 atom stereocenters. The summed E-state index contributed by atoms with van der Waals surface area (Å²) in [6.45, 7) is 9.48. The quantitative estimate of drug-likeness (QED) is 0.732. The van der Waals surface area contributed by atoms with E-state index in [0.29, 0.717) is 13.2 Å². The van der Waals surface area contributed by atoms with Gasteiger partial charge < -0.3 is 10.1 Å². The molecule has 6 heteroatoms. The Morgan fingerprint density at radius 2 is 1.95 bits per heavy atom. The second kappa shape index (κ2) is 8.48. The normalized spacial score (nSPS) is 14.9. The van der Waals surface area contributed by atoms with E-state index in [4.69, 9.17) is 4.74 Å². The summed E-state index contributed by atoms with van der Waals surface area (Å²) >= 11 is 0. The molecule has 21 heavy (non-hydrogen) atoms. The molecule has 0 amide bonds. The number of hydrogen-bond donors (Lipinski definition) is 2. The van der Waals surface area contributed by atoms with Gasteiger partial charge in [0.2, 0.25) is 10.0 Å². The van der Waals surface area contributed by atoms with Crippen molar-refractivity contribution < 1.29 is 13.2 Å². The summed E-state index contributed by atoms with van der Waals surface area (Å²) in [7, 11) is -3.52. The van der Waals surface area contributed by atoms with Crippen molar-refractivity contribution in [3.05, 3.63) is 29.8 Å². The average Bonchev–Trinajstić information content (AvgIpc) is 2.45. The van der Waals surface area contributed by atoms with Gasteiger partial charge in [-0.05, 0) is 45.0 Å². The van der Waals surface area contributed by atoms with Crippen LogP contribution in [-0.4, -0.2) is 34.2 Å². The molecule has 0 spiro atoms. The first kappa shape index (κ1) is 18.1. The van der Waals surface area contributed by atoms with Gasteiger partial charge in [-0.1, -0.05) is 19.1 Å². The molecule has 2 unspecified atom stereocenters. The van der Waals surface area contributed by atoms with Crippen molar-refractivity contribution in [3.8, 4) is 0 Å². The van der Waals surface area contributed by atoms with Crippen LogP contribution in [0.3, 0.4) is 0 Å². The Morgan fingerprint density at radius 1 is 1.24 bits per heavy atom. The molecule has 1 aromatic carbocycles. The molecule has 0 aliphatic heterocycles. The van der Waals surface area contributed by atoms with Gasteiger partial charge in [0.1, 0.15) is 0 Å². The smallest absolute Gasteiger partial charge is 0.240 e. The standard InChI is InChI=1S/C15H26N2O3S/c1-5-16-13(4)14-8-7-9-15(10-14)21(18,19)17-12(3)11-20-6-2/h7-10,12-13,16-17H,5-6,11H2,1-4H3. The maximum absolute atomic E-state index is 12.4. The van der Waals surface area contributed by atoms with Crippen molar-refractivity contribution in [1.82, 2.24) is 10.0 Å². The molecule has 0 fully saturated rings. The van der Waals surface area contributed by atoms with Gasteiger partial charge in [-0.25, -0.2) is 13.1 Å². The molecule has 2 N–H and O–H groups in total. The molecule has 0 radical (unpaired) electrons. The van der Waals surface area contributed by atoms with Gasteiger partial charge in [-0.2, -0.15) is 0 Å². The third-order valence-corrected chi connectivity index (χ3v) is 4.69. The minimum absolute atomic E-state index is 0.117. The zero-order valence-electron chi connectivity index (χ0n) is 13.2. The van der Waals surface area contributed by atoms with Gasteiger partial charge in [-0.15, -0.1) is 0 Å². The first-order valence-corrected chi connectivity index (χ1v) is 8.82. The van der Waals surface area contributed by atoms with Crippen LogP contribution >= 0.6 is 0 Å². The van der Waals surface area contributed by atoms with E-state index in [1.807, 2.05) is 26.8 Å². The highest BCUT2D eigenvalue weighted by Crippen LogP contribution is 2.17. The molecule has 0 aromatic heterocycles. The topological polar surface area (TPSA) is 67.4 Å². The van der Waals surface area contributed by atoms with Gasteiger partial charge in [0, 0.05) is 18.7 Å². The van der Waals surface area contributed by atoms with Crippen molar-refractivity contribution in [1.29, 1.82) is 0 Å². The third-order valence-electron chi connectivity index (χ3n) is 3.11. The lowest BCUT2D eigenvalue weighted by molar-refractivity contribution is 0.133. The lowest BCUT2D eigenvalue weighted by Gasteiger charge is -2.16. The molecule has 0 heterocycles. The lowest BCUT2D eigenvalue weighted by Crippen LogP contribution is -2.36. The Labute approximate surface area is 128 Å². The van der Waals surface area contributed by atoms with Gasteiger partial charge in [0.25, 0.3) is 0 Å². The largest absolute Gasteiger partial charge is 0.380 e. The predicted octanol–water partition coefficient (Wildman–Crippen LogP) is 2.06. The second-order valence-electron chi connectivity index (χ2n) is 5.03. The molecule has 120 valence electrons. The summed E-state index contributed by atoms with van der Waals surface area (Å²) in [6, 6.07) is 6.87. The van der Waals surface area contributed by atoms with E-state index < -0.39 is 10.0 Å². The molecule has 0 aliphatic carbocycles. The van der Waals surface area contributed by atoms with E-state index in [9.17, 15) is 8.42 Å². The summed E-state index contributed by atoms with van der Waals surface area (Å²) in [5.74, 6) is 0. The Hall–Kier alpha value is -0.950. The molecule has 0 aliphatic rings.